The zero-order valence-electron chi connectivity index (χ0n) is 14.3. The fourth-order valence-corrected chi connectivity index (χ4v) is 4.30. The topological polar surface area (TPSA) is 36.9 Å². The Labute approximate surface area is 143 Å². The van der Waals surface area contributed by atoms with Crippen LogP contribution in [0, 0.1) is 11.3 Å². The quantitative estimate of drug-likeness (QED) is 0.681. The third kappa shape index (κ3) is 3.07. The molecule has 0 bridgehead atoms. The van der Waals surface area contributed by atoms with Crippen LogP contribution in [0.15, 0.2) is 29.3 Å². The van der Waals surface area contributed by atoms with Crippen LogP contribution in [0.1, 0.15) is 25.8 Å². The molecule has 0 aromatic heterocycles. The van der Waals surface area contributed by atoms with Gasteiger partial charge in [-0.1, -0.05) is 37.6 Å². The van der Waals surface area contributed by atoms with Crippen LogP contribution >= 0.6 is 11.6 Å². The predicted octanol–water partition coefficient (Wildman–Crippen LogP) is 3.16. The summed E-state index contributed by atoms with van der Waals surface area (Å²) in [6, 6.07) is 8.38. The van der Waals surface area contributed by atoms with E-state index in [-0.39, 0.29) is 5.41 Å². The Kier molecular flexibility index (Phi) is 4.56. The highest BCUT2D eigenvalue weighted by Gasteiger charge is 2.59. The second kappa shape index (κ2) is 6.33. The van der Waals surface area contributed by atoms with Crippen LogP contribution in [0.5, 0.6) is 0 Å². The Hall–Kier alpha value is -1.26. The predicted molar refractivity (Wildman–Crippen MR) is 94.8 cm³/mol. The van der Waals surface area contributed by atoms with Crippen LogP contribution in [-0.2, 0) is 11.3 Å². The third-order valence-electron chi connectivity index (χ3n) is 5.27. The van der Waals surface area contributed by atoms with Gasteiger partial charge in [0.05, 0.1) is 6.10 Å². The van der Waals surface area contributed by atoms with Gasteiger partial charge in [-0.15, -0.1) is 0 Å². The van der Waals surface area contributed by atoms with Crippen LogP contribution in [-0.4, -0.2) is 43.7 Å². The number of hydrogen-bond acceptors (Lipinski definition) is 2. The first-order chi connectivity index (χ1) is 10.9. The van der Waals surface area contributed by atoms with E-state index in [0.29, 0.717) is 18.1 Å². The van der Waals surface area contributed by atoms with Gasteiger partial charge < -0.3 is 15.0 Å². The maximum atomic E-state index is 6.08. The van der Waals surface area contributed by atoms with Crippen LogP contribution in [0.3, 0.4) is 0 Å². The molecule has 3 atom stereocenters. The number of rotatable bonds is 3. The number of fused-ring (bicyclic) bond motifs is 1. The van der Waals surface area contributed by atoms with Gasteiger partial charge in [0.1, 0.15) is 0 Å². The Bertz CT molecular complexity index is 602. The lowest BCUT2D eigenvalue weighted by Crippen LogP contribution is -2.67. The first-order valence-corrected chi connectivity index (χ1v) is 8.62. The molecule has 2 fully saturated rings. The van der Waals surface area contributed by atoms with E-state index < -0.39 is 0 Å². The number of nitrogens with one attached hydrogen (secondary N) is 1. The number of guanidine groups is 1. The average molecular weight is 336 g/mol. The molecule has 1 aromatic carbocycles. The molecule has 1 heterocycles. The molecule has 0 radical (unpaired) electrons. The lowest BCUT2D eigenvalue weighted by atomic mass is 9.57. The monoisotopic (exact) mass is 335 g/mol. The second-order valence-corrected chi connectivity index (χ2v) is 7.66. The molecule has 3 unspecified atom stereocenters. The summed E-state index contributed by atoms with van der Waals surface area (Å²) >= 11 is 6.08. The van der Waals surface area contributed by atoms with Crippen molar-refractivity contribution in [2.24, 2.45) is 16.3 Å². The van der Waals surface area contributed by atoms with Crippen molar-refractivity contribution in [3.8, 4) is 0 Å². The van der Waals surface area contributed by atoms with E-state index in [0.717, 1.165) is 30.6 Å². The summed E-state index contributed by atoms with van der Waals surface area (Å²) in [5, 5.41) is 4.43. The number of aliphatic imine (C=N–C) groups is 1. The van der Waals surface area contributed by atoms with E-state index in [1.54, 1.807) is 0 Å². The third-order valence-corrected chi connectivity index (χ3v) is 5.50. The van der Waals surface area contributed by atoms with Crippen molar-refractivity contribution in [1.82, 2.24) is 10.2 Å². The van der Waals surface area contributed by atoms with Gasteiger partial charge in [0.25, 0.3) is 0 Å². The molecule has 0 amide bonds. The van der Waals surface area contributed by atoms with E-state index >= 15 is 0 Å². The van der Waals surface area contributed by atoms with Gasteiger partial charge in [0, 0.05) is 49.6 Å². The first kappa shape index (κ1) is 16.6. The molecule has 1 aromatic rings. The SMILES string of the molecule is CN=C(NC1C2CCOC2C1(C)C)N(C)Cc1cccc(Cl)c1. The van der Waals surface area contributed by atoms with E-state index in [2.05, 4.69) is 42.2 Å². The lowest BCUT2D eigenvalue weighted by molar-refractivity contribution is -0.107. The van der Waals surface area contributed by atoms with Gasteiger partial charge in [0.15, 0.2) is 5.96 Å². The van der Waals surface area contributed by atoms with Crippen molar-refractivity contribution in [3.63, 3.8) is 0 Å². The summed E-state index contributed by atoms with van der Waals surface area (Å²) in [6.45, 7) is 6.22. The summed E-state index contributed by atoms with van der Waals surface area (Å²) < 4.78 is 5.87. The zero-order chi connectivity index (χ0) is 16.6. The fraction of sp³-hybridized carbons (Fsp3) is 0.611. The Balaban J connectivity index is 1.66. The van der Waals surface area contributed by atoms with Crippen LogP contribution in [0.2, 0.25) is 5.02 Å². The molecular formula is C18H26ClN3O. The molecule has 1 aliphatic carbocycles. The van der Waals surface area contributed by atoms with Gasteiger partial charge in [-0.25, -0.2) is 0 Å². The Morgan fingerprint density at radius 1 is 1.48 bits per heavy atom. The van der Waals surface area contributed by atoms with Crippen LogP contribution < -0.4 is 5.32 Å². The largest absolute Gasteiger partial charge is 0.377 e. The molecule has 1 saturated carbocycles. The highest BCUT2D eigenvalue weighted by atomic mass is 35.5. The standard InChI is InChI=1S/C18H26ClN3O/c1-18(2)15(14-8-9-23-16(14)18)21-17(20-3)22(4)11-12-6-5-7-13(19)10-12/h5-7,10,14-16H,8-9,11H2,1-4H3,(H,20,21). The average Bonchev–Trinajstić information content (AvgIpc) is 2.94. The van der Waals surface area contributed by atoms with Gasteiger partial charge in [-0.2, -0.15) is 0 Å². The van der Waals surface area contributed by atoms with E-state index in [4.69, 9.17) is 16.3 Å². The number of halogens is 1. The molecule has 1 N–H and O–H groups in total. The maximum Gasteiger partial charge on any atom is 0.193 e. The van der Waals surface area contributed by atoms with E-state index in [1.165, 1.54) is 5.56 Å². The van der Waals surface area contributed by atoms with Crippen molar-refractivity contribution < 1.29 is 4.74 Å². The van der Waals surface area contributed by atoms with Gasteiger partial charge >= 0.3 is 0 Å². The maximum absolute atomic E-state index is 6.08. The summed E-state index contributed by atoms with van der Waals surface area (Å²) in [5.74, 6) is 1.52. The minimum atomic E-state index is 0.147. The zero-order valence-corrected chi connectivity index (χ0v) is 15.1. The highest BCUT2D eigenvalue weighted by Crippen LogP contribution is 2.52. The van der Waals surface area contributed by atoms with Crippen molar-refractivity contribution >= 4 is 17.6 Å². The first-order valence-electron chi connectivity index (χ1n) is 8.24. The van der Waals surface area contributed by atoms with Gasteiger partial charge in [-0.3, -0.25) is 4.99 Å². The van der Waals surface area contributed by atoms with E-state index in [1.807, 2.05) is 25.2 Å². The molecule has 3 rings (SSSR count). The van der Waals surface area contributed by atoms with Gasteiger partial charge in [-0.05, 0) is 24.1 Å². The number of ether oxygens (including phenoxy) is 1. The van der Waals surface area contributed by atoms with Crippen molar-refractivity contribution in [3.05, 3.63) is 34.9 Å². The fourth-order valence-electron chi connectivity index (χ4n) is 4.09. The smallest absolute Gasteiger partial charge is 0.193 e. The summed E-state index contributed by atoms with van der Waals surface area (Å²) in [4.78, 5) is 6.61. The Morgan fingerprint density at radius 2 is 2.26 bits per heavy atom. The molecular weight excluding hydrogens is 310 g/mol. The van der Waals surface area contributed by atoms with Crippen molar-refractivity contribution in [1.29, 1.82) is 0 Å². The summed E-state index contributed by atoms with van der Waals surface area (Å²) in [7, 11) is 3.90. The van der Waals surface area contributed by atoms with Crippen molar-refractivity contribution in [2.75, 3.05) is 20.7 Å². The number of benzene rings is 1. The van der Waals surface area contributed by atoms with Crippen LogP contribution in [0.25, 0.3) is 0 Å². The molecule has 23 heavy (non-hydrogen) atoms. The van der Waals surface area contributed by atoms with Crippen LogP contribution in [0.4, 0.5) is 0 Å². The van der Waals surface area contributed by atoms with Crippen molar-refractivity contribution in [2.45, 2.75) is 39.0 Å². The second-order valence-electron chi connectivity index (χ2n) is 7.22. The summed E-state index contributed by atoms with van der Waals surface area (Å²) in [6.07, 6.45) is 1.53. The molecule has 2 aliphatic rings. The van der Waals surface area contributed by atoms with Gasteiger partial charge in [0.2, 0.25) is 0 Å². The lowest BCUT2D eigenvalue weighted by Gasteiger charge is -2.55. The van der Waals surface area contributed by atoms with E-state index in [9.17, 15) is 0 Å². The Morgan fingerprint density at radius 3 is 2.96 bits per heavy atom. The normalized spacial score (nSPS) is 28.9. The number of nitrogens with zero attached hydrogens (tertiary/aromatic N) is 2. The molecule has 126 valence electrons. The number of hydrogen-bond donors (Lipinski definition) is 1. The highest BCUT2D eigenvalue weighted by molar-refractivity contribution is 6.30. The molecule has 5 heteroatoms. The molecule has 1 aliphatic heterocycles. The minimum absolute atomic E-state index is 0.147. The molecule has 0 spiro atoms. The summed E-state index contributed by atoms with van der Waals surface area (Å²) in [5.41, 5.74) is 1.33. The molecule has 4 nitrogen and oxygen atoms in total. The minimum Gasteiger partial charge on any atom is -0.377 e. The molecule has 1 saturated heterocycles.